The van der Waals surface area contributed by atoms with E-state index in [4.69, 9.17) is 0 Å². The minimum atomic E-state index is -0.491. The summed E-state index contributed by atoms with van der Waals surface area (Å²) in [7, 11) is 0. The summed E-state index contributed by atoms with van der Waals surface area (Å²) in [6, 6.07) is 67.7. The molecule has 4 aromatic heterocycles. The maximum atomic E-state index is 12.0. The van der Waals surface area contributed by atoms with Crippen molar-refractivity contribution in [1.29, 1.82) is 5.26 Å². The van der Waals surface area contributed by atoms with Crippen LogP contribution in [0.5, 0.6) is 0 Å². The van der Waals surface area contributed by atoms with Gasteiger partial charge in [0, 0.05) is 54.5 Å². The van der Waals surface area contributed by atoms with Crippen molar-refractivity contribution in [3.63, 3.8) is 0 Å². The SMILES string of the molecule is [C-]#[N+]c1c(C#N)c(-n2c3ccccc3c3c2ccc2c4ccccc4n(-c4ccccc4)c23)c2c(c1-n1c3ccccc3c3c1ccc1c4ccccc4n(-c4ccccc4)c13)C(C)(C)C(C)(C)C2(C)C. The zero-order valence-corrected chi connectivity index (χ0v) is 40.5. The maximum Gasteiger partial charge on any atom is 0.230 e. The topological polar surface area (TPSA) is 47.9 Å². The van der Waals surface area contributed by atoms with Crippen molar-refractivity contribution in [3.05, 3.63) is 210 Å². The molecule has 0 atom stereocenters. The predicted octanol–water partition coefficient (Wildman–Crippen LogP) is 17.1. The van der Waals surface area contributed by atoms with Gasteiger partial charge in [-0.15, -0.1) is 0 Å². The molecule has 0 saturated heterocycles. The second-order valence-corrected chi connectivity index (χ2v) is 21.1. The zero-order chi connectivity index (χ0) is 48.3. The van der Waals surface area contributed by atoms with Gasteiger partial charge in [0.05, 0.1) is 73.7 Å². The van der Waals surface area contributed by atoms with E-state index in [2.05, 4.69) is 253 Å². The Hall–Kier alpha value is -8.84. The summed E-state index contributed by atoms with van der Waals surface area (Å²) < 4.78 is 9.50. The van der Waals surface area contributed by atoms with Gasteiger partial charge in [-0.1, -0.05) is 163 Å². The highest BCUT2D eigenvalue weighted by molar-refractivity contribution is 6.28. The molecule has 0 unspecified atom stereocenters. The molecule has 9 aromatic carbocycles. The van der Waals surface area contributed by atoms with E-state index >= 15 is 0 Å². The molecule has 4 heterocycles. The van der Waals surface area contributed by atoms with Gasteiger partial charge in [0.25, 0.3) is 0 Å². The molecule has 13 aromatic rings. The molecule has 338 valence electrons. The average molecular weight is 913 g/mol. The molecule has 6 nitrogen and oxygen atoms in total. The number of nitriles is 1. The van der Waals surface area contributed by atoms with Gasteiger partial charge in [-0.2, -0.15) is 5.26 Å². The number of aromatic nitrogens is 4. The third-order valence-corrected chi connectivity index (χ3v) is 17.4. The zero-order valence-electron chi connectivity index (χ0n) is 40.5. The van der Waals surface area contributed by atoms with Crippen LogP contribution in [-0.2, 0) is 10.8 Å². The van der Waals surface area contributed by atoms with Gasteiger partial charge in [-0.25, -0.2) is 4.85 Å². The Morgan fingerprint density at radius 3 is 1.18 bits per heavy atom. The van der Waals surface area contributed by atoms with Crippen LogP contribution < -0.4 is 0 Å². The molecule has 0 aliphatic heterocycles. The van der Waals surface area contributed by atoms with Crippen molar-refractivity contribution in [3.8, 4) is 28.8 Å². The lowest BCUT2D eigenvalue weighted by Crippen LogP contribution is -2.42. The summed E-state index contributed by atoms with van der Waals surface area (Å²) in [6.45, 7) is 23.6. The number of nitrogens with zero attached hydrogens (tertiary/aromatic N) is 6. The molecule has 6 heteroatoms. The van der Waals surface area contributed by atoms with Gasteiger partial charge in [0.1, 0.15) is 0 Å². The third kappa shape index (κ3) is 4.99. The lowest BCUT2D eigenvalue weighted by molar-refractivity contribution is 0.125. The summed E-state index contributed by atoms with van der Waals surface area (Å²) in [5.41, 5.74) is 13.8. The molecule has 71 heavy (non-hydrogen) atoms. The van der Waals surface area contributed by atoms with E-state index in [0.717, 1.165) is 110 Å². The lowest BCUT2D eigenvalue weighted by atomic mass is 9.59. The molecule has 0 amide bonds. The molecular formula is C65H48N6. The standard InChI is InChI=1S/C65H48N6/c1-63(2)56-57(64(3,4)65(63,5)6)62(71-51-33-21-17-29-46(51)55-53(71)37-35-44-42-27-15-19-31-49(42)69(60(44)55)40-24-12-9-13-25-40)58(67-7)47(38-66)61(56)70-50-32-20-16-28-45(50)54-52(70)36-34-43-41-26-14-18-30-48(41)68(59(43)54)39-22-10-8-11-23-39/h8-37H,1-6H3. The van der Waals surface area contributed by atoms with Gasteiger partial charge in [0.2, 0.25) is 5.69 Å². The van der Waals surface area contributed by atoms with E-state index in [1.807, 2.05) is 0 Å². The van der Waals surface area contributed by atoms with E-state index < -0.39 is 10.8 Å². The minimum absolute atomic E-state index is 0.350. The van der Waals surface area contributed by atoms with Gasteiger partial charge in [0.15, 0.2) is 0 Å². The molecular weight excluding hydrogens is 865 g/mol. The lowest BCUT2D eigenvalue weighted by Gasteiger charge is -2.45. The smallest absolute Gasteiger partial charge is 0.230 e. The molecule has 1 aliphatic carbocycles. The van der Waals surface area contributed by atoms with E-state index in [0.29, 0.717) is 11.3 Å². The van der Waals surface area contributed by atoms with Crippen molar-refractivity contribution in [2.45, 2.75) is 52.4 Å². The van der Waals surface area contributed by atoms with Crippen LogP contribution in [-0.4, -0.2) is 18.3 Å². The largest absolute Gasteiger partial charge is 0.319 e. The highest BCUT2D eigenvalue weighted by atomic mass is 15.1. The van der Waals surface area contributed by atoms with Gasteiger partial charge in [-0.3, -0.25) is 0 Å². The van der Waals surface area contributed by atoms with Gasteiger partial charge in [-0.05, 0) is 88.0 Å². The van der Waals surface area contributed by atoms with Crippen LogP contribution in [0, 0.1) is 23.3 Å². The van der Waals surface area contributed by atoms with Crippen LogP contribution in [0.4, 0.5) is 5.69 Å². The van der Waals surface area contributed by atoms with Crippen LogP contribution in [0.3, 0.4) is 0 Å². The molecule has 1 aliphatic rings. The fraction of sp³-hybridized carbons (Fsp3) is 0.138. The Bertz CT molecular complexity index is 4260. The molecule has 0 fully saturated rings. The fourth-order valence-corrected chi connectivity index (χ4v) is 13.2. The average Bonchev–Trinajstić information content (AvgIpc) is 4.15. The van der Waals surface area contributed by atoms with Crippen molar-refractivity contribution in [1.82, 2.24) is 18.3 Å². The van der Waals surface area contributed by atoms with Crippen molar-refractivity contribution >= 4 is 92.9 Å². The number of para-hydroxylation sites is 6. The van der Waals surface area contributed by atoms with Gasteiger partial charge < -0.3 is 18.3 Å². The molecule has 0 bridgehead atoms. The second kappa shape index (κ2) is 14.1. The normalized spacial score (nSPS) is 14.9. The third-order valence-electron chi connectivity index (χ3n) is 17.4. The van der Waals surface area contributed by atoms with E-state index in [9.17, 15) is 11.8 Å². The summed E-state index contributed by atoms with van der Waals surface area (Å²) in [5.74, 6) is 0. The summed E-state index contributed by atoms with van der Waals surface area (Å²) in [6.07, 6.45) is 0. The first-order valence-corrected chi connectivity index (χ1v) is 24.6. The van der Waals surface area contributed by atoms with E-state index in [1.54, 1.807) is 0 Å². The Morgan fingerprint density at radius 2 is 0.761 bits per heavy atom. The number of hydrogen-bond acceptors (Lipinski definition) is 1. The number of hydrogen-bond donors (Lipinski definition) is 0. The summed E-state index contributed by atoms with van der Waals surface area (Å²) in [4.78, 5) is 4.56. The fourth-order valence-electron chi connectivity index (χ4n) is 13.2. The van der Waals surface area contributed by atoms with Crippen LogP contribution in [0.15, 0.2) is 182 Å². The first kappa shape index (κ1) is 41.2. The molecule has 0 saturated carbocycles. The van der Waals surface area contributed by atoms with E-state index in [-0.39, 0.29) is 5.41 Å². The van der Waals surface area contributed by atoms with E-state index in [1.165, 1.54) is 10.8 Å². The second-order valence-electron chi connectivity index (χ2n) is 21.1. The van der Waals surface area contributed by atoms with Crippen molar-refractivity contribution in [2.24, 2.45) is 5.41 Å². The first-order valence-electron chi connectivity index (χ1n) is 24.6. The van der Waals surface area contributed by atoms with Crippen molar-refractivity contribution in [2.75, 3.05) is 0 Å². The molecule has 14 rings (SSSR count). The van der Waals surface area contributed by atoms with Gasteiger partial charge >= 0.3 is 0 Å². The highest BCUT2D eigenvalue weighted by Crippen LogP contribution is 2.66. The number of fused-ring (bicyclic) bond motifs is 15. The first-order chi connectivity index (χ1) is 34.5. The molecule has 0 radical (unpaired) electrons. The van der Waals surface area contributed by atoms with Crippen molar-refractivity contribution < 1.29 is 0 Å². The highest BCUT2D eigenvalue weighted by Gasteiger charge is 2.60. The van der Waals surface area contributed by atoms with Crippen LogP contribution >= 0.6 is 0 Å². The Balaban J connectivity index is 1.19. The summed E-state index contributed by atoms with van der Waals surface area (Å²) >= 11 is 0. The summed E-state index contributed by atoms with van der Waals surface area (Å²) in [5, 5.41) is 21.1. The maximum absolute atomic E-state index is 12.0. The Labute approximate surface area is 411 Å². The number of rotatable bonds is 4. The Morgan fingerprint density at radius 1 is 0.394 bits per heavy atom. The monoisotopic (exact) mass is 912 g/mol. The quantitative estimate of drug-likeness (QED) is 0.162. The molecule has 0 N–H and O–H groups in total. The van der Waals surface area contributed by atoms with Crippen LogP contribution in [0.1, 0.15) is 58.2 Å². The molecule has 0 spiro atoms. The minimum Gasteiger partial charge on any atom is -0.319 e. The Kier molecular flexibility index (Phi) is 8.19. The van der Waals surface area contributed by atoms with Crippen LogP contribution in [0.25, 0.3) is 115 Å². The van der Waals surface area contributed by atoms with Crippen LogP contribution in [0.2, 0.25) is 0 Å². The number of benzene rings is 9. The predicted molar refractivity (Wildman–Crippen MR) is 295 cm³/mol.